The van der Waals surface area contributed by atoms with Crippen molar-refractivity contribution in [2.24, 2.45) is 5.92 Å². The lowest BCUT2D eigenvalue weighted by Gasteiger charge is -2.15. The molecule has 1 aromatic rings. The van der Waals surface area contributed by atoms with E-state index < -0.39 is 23.5 Å². The van der Waals surface area contributed by atoms with E-state index in [9.17, 15) is 14.4 Å². The van der Waals surface area contributed by atoms with Gasteiger partial charge in [0.1, 0.15) is 11.5 Å². The summed E-state index contributed by atoms with van der Waals surface area (Å²) < 4.78 is 9.95. The molecule has 0 aliphatic carbocycles. The summed E-state index contributed by atoms with van der Waals surface area (Å²) in [5.41, 5.74) is 0.562. The van der Waals surface area contributed by atoms with Crippen molar-refractivity contribution in [1.82, 2.24) is 0 Å². The smallest absolute Gasteiger partial charge is 0.329 e. The highest BCUT2D eigenvalue weighted by molar-refractivity contribution is 6.30. The Morgan fingerprint density at radius 1 is 1.36 bits per heavy atom. The summed E-state index contributed by atoms with van der Waals surface area (Å²) in [6.45, 7) is 1.48. The van der Waals surface area contributed by atoms with Gasteiger partial charge in [0.25, 0.3) is 0 Å². The summed E-state index contributed by atoms with van der Waals surface area (Å²) in [6.07, 6.45) is 3.73. The van der Waals surface area contributed by atoms with Crippen molar-refractivity contribution in [2.45, 2.75) is 6.92 Å². The van der Waals surface area contributed by atoms with Crippen LogP contribution in [-0.2, 0) is 19.1 Å². The normalized spacial score (nSPS) is 18.1. The van der Waals surface area contributed by atoms with Gasteiger partial charge in [-0.3, -0.25) is 14.4 Å². The molecule has 0 saturated heterocycles. The maximum atomic E-state index is 12.1. The van der Waals surface area contributed by atoms with Gasteiger partial charge in [0.15, 0.2) is 17.5 Å². The average Bonchev–Trinajstić information content (AvgIpc) is 2.44. The number of carbonyl (C=O) groups is 3. The van der Waals surface area contributed by atoms with Crippen molar-refractivity contribution in [2.75, 3.05) is 7.11 Å². The molecule has 1 heterocycles. The van der Waals surface area contributed by atoms with Gasteiger partial charge in [-0.2, -0.15) is 0 Å². The largest absolute Gasteiger partial charge is 0.496 e. The van der Waals surface area contributed by atoms with Gasteiger partial charge >= 0.3 is 5.97 Å². The molecule has 0 amide bonds. The van der Waals surface area contributed by atoms with Gasteiger partial charge in [-0.15, -0.1) is 0 Å². The van der Waals surface area contributed by atoms with Crippen molar-refractivity contribution in [3.05, 3.63) is 46.7 Å². The van der Waals surface area contributed by atoms with Gasteiger partial charge in [0.2, 0.25) is 0 Å². The van der Waals surface area contributed by atoms with Crippen LogP contribution in [0.25, 0.3) is 6.08 Å². The maximum Gasteiger partial charge on any atom is 0.329 e. The monoisotopic (exact) mass is 320 g/mol. The summed E-state index contributed by atoms with van der Waals surface area (Å²) in [4.78, 5) is 35.5. The molecule has 0 radical (unpaired) electrons. The predicted octanol–water partition coefficient (Wildman–Crippen LogP) is 2.58. The Bertz CT molecular complexity index is 702. The van der Waals surface area contributed by atoms with E-state index in [2.05, 4.69) is 0 Å². The second-order valence-electron chi connectivity index (χ2n) is 4.63. The molecule has 0 N–H and O–H groups in total. The first-order valence-electron chi connectivity index (χ1n) is 6.41. The molecular formula is C16H13ClO5. The lowest BCUT2D eigenvalue weighted by atomic mass is 9.96. The standard InChI is InChI=1S/C16H13ClO5/c1-9-7-13(19)15(16(20)22-9)12(18)5-3-10-8-11(17)4-6-14(10)21-2/h3-8,15H,1-2H3/b5-3+/t15-/m1/s1. The first kappa shape index (κ1) is 16.0. The summed E-state index contributed by atoms with van der Waals surface area (Å²) in [5.74, 6) is -2.86. The summed E-state index contributed by atoms with van der Waals surface area (Å²) in [7, 11) is 1.48. The van der Waals surface area contributed by atoms with Crippen LogP contribution in [-0.4, -0.2) is 24.6 Å². The van der Waals surface area contributed by atoms with Gasteiger partial charge in [0.05, 0.1) is 7.11 Å². The van der Waals surface area contributed by atoms with Crippen molar-refractivity contribution in [3.63, 3.8) is 0 Å². The third-order valence-corrected chi connectivity index (χ3v) is 3.27. The van der Waals surface area contributed by atoms with Crippen molar-refractivity contribution in [3.8, 4) is 5.75 Å². The molecule has 1 aliphatic rings. The number of esters is 1. The Hall–Kier alpha value is -2.40. The van der Waals surface area contributed by atoms with Crippen molar-refractivity contribution >= 4 is 35.2 Å². The molecule has 1 aliphatic heterocycles. The van der Waals surface area contributed by atoms with Gasteiger partial charge < -0.3 is 9.47 Å². The Balaban J connectivity index is 2.24. The number of carbonyl (C=O) groups excluding carboxylic acids is 3. The van der Waals surface area contributed by atoms with Crippen LogP contribution < -0.4 is 4.74 Å². The van der Waals surface area contributed by atoms with Crippen LogP contribution >= 0.6 is 11.6 Å². The van der Waals surface area contributed by atoms with Crippen LogP contribution in [0.3, 0.4) is 0 Å². The molecule has 5 nitrogen and oxygen atoms in total. The van der Waals surface area contributed by atoms with E-state index in [0.717, 1.165) is 12.2 Å². The number of halogens is 1. The van der Waals surface area contributed by atoms with E-state index in [4.69, 9.17) is 21.1 Å². The van der Waals surface area contributed by atoms with Crippen LogP contribution in [0.15, 0.2) is 36.1 Å². The molecule has 0 aromatic heterocycles. The molecule has 0 bridgehead atoms. The summed E-state index contributed by atoms with van der Waals surface area (Å²) >= 11 is 5.89. The minimum atomic E-state index is -1.45. The number of rotatable bonds is 4. The first-order chi connectivity index (χ1) is 10.4. The van der Waals surface area contributed by atoms with Crippen LogP contribution in [0.1, 0.15) is 12.5 Å². The number of methoxy groups -OCH3 is 1. The van der Waals surface area contributed by atoms with Gasteiger partial charge in [-0.05, 0) is 37.3 Å². The molecule has 0 spiro atoms. The first-order valence-corrected chi connectivity index (χ1v) is 6.79. The van der Waals surface area contributed by atoms with Gasteiger partial charge in [-0.1, -0.05) is 11.6 Å². The lowest BCUT2D eigenvalue weighted by Crippen LogP contribution is -2.34. The molecule has 2 rings (SSSR count). The zero-order valence-corrected chi connectivity index (χ0v) is 12.7. The van der Waals surface area contributed by atoms with Crippen molar-refractivity contribution in [1.29, 1.82) is 0 Å². The Morgan fingerprint density at radius 3 is 2.73 bits per heavy atom. The fourth-order valence-electron chi connectivity index (χ4n) is 2.01. The lowest BCUT2D eigenvalue weighted by molar-refractivity contribution is -0.151. The van der Waals surface area contributed by atoms with Crippen LogP contribution in [0, 0.1) is 5.92 Å². The van der Waals surface area contributed by atoms with E-state index in [1.807, 2.05) is 0 Å². The number of ketones is 2. The number of hydrogen-bond donors (Lipinski definition) is 0. The fraction of sp³-hybridized carbons (Fsp3) is 0.188. The molecule has 1 aromatic carbocycles. The zero-order valence-electron chi connectivity index (χ0n) is 12.0. The fourth-order valence-corrected chi connectivity index (χ4v) is 2.19. The minimum absolute atomic E-state index is 0.180. The summed E-state index contributed by atoms with van der Waals surface area (Å²) in [6, 6.07) is 4.91. The van der Waals surface area contributed by atoms with Crippen LogP contribution in [0.2, 0.25) is 5.02 Å². The SMILES string of the molecule is COc1ccc(Cl)cc1/C=C/C(=O)[C@@H]1C(=O)C=C(C)OC1=O. The van der Waals surface area contributed by atoms with E-state index in [-0.39, 0.29) is 5.76 Å². The average molecular weight is 321 g/mol. The van der Waals surface area contributed by atoms with E-state index in [1.54, 1.807) is 18.2 Å². The Kier molecular flexibility index (Phi) is 4.78. The van der Waals surface area contributed by atoms with Crippen molar-refractivity contribution < 1.29 is 23.9 Å². The molecule has 0 unspecified atom stereocenters. The molecule has 1 atom stereocenters. The molecule has 0 saturated carbocycles. The summed E-state index contributed by atoms with van der Waals surface area (Å²) in [5, 5.41) is 0.472. The Morgan fingerprint density at radius 2 is 2.09 bits per heavy atom. The minimum Gasteiger partial charge on any atom is -0.496 e. The molecular weight excluding hydrogens is 308 g/mol. The second kappa shape index (κ2) is 6.58. The number of benzene rings is 1. The van der Waals surface area contributed by atoms with Gasteiger partial charge in [0, 0.05) is 16.7 Å². The quantitative estimate of drug-likeness (QED) is 0.484. The number of ether oxygens (including phenoxy) is 2. The number of cyclic esters (lactones) is 1. The predicted molar refractivity (Wildman–Crippen MR) is 80.4 cm³/mol. The highest BCUT2D eigenvalue weighted by Crippen LogP contribution is 2.24. The van der Waals surface area contributed by atoms with Gasteiger partial charge in [-0.25, -0.2) is 0 Å². The molecule has 22 heavy (non-hydrogen) atoms. The highest BCUT2D eigenvalue weighted by atomic mass is 35.5. The third-order valence-electron chi connectivity index (χ3n) is 3.03. The molecule has 6 heteroatoms. The highest BCUT2D eigenvalue weighted by Gasteiger charge is 2.36. The van der Waals surface area contributed by atoms with Crippen LogP contribution in [0.5, 0.6) is 5.75 Å². The molecule has 114 valence electrons. The Labute approximate surface area is 132 Å². The maximum absolute atomic E-state index is 12.1. The second-order valence-corrected chi connectivity index (χ2v) is 5.07. The zero-order chi connectivity index (χ0) is 16.3. The number of allylic oxidation sites excluding steroid dienone is 3. The van der Waals surface area contributed by atoms with Crippen LogP contribution in [0.4, 0.5) is 0 Å². The topological polar surface area (TPSA) is 69.7 Å². The third kappa shape index (κ3) is 3.43. The molecule has 0 fully saturated rings. The van der Waals surface area contributed by atoms with E-state index in [0.29, 0.717) is 16.3 Å². The van der Waals surface area contributed by atoms with E-state index in [1.165, 1.54) is 20.1 Å². The van der Waals surface area contributed by atoms with E-state index >= 15 is 0 Å². The number of hydrogen-bond acceptors (Lipinski definition) is 5.